The van der Waals surface area contributed by atoms with E-state index in [2.05, 4.69) is 15.5 Å². The molecular weight excluding hydrogens is 198 g/mol. The fourth-order valence-electron chi connectivity index (χ4n) is 1.00. The zero-order valence-corrected chi connectivity index (χ0v) is 9.11. The Labute approximate surface area is 88.0 Å². The molecule has 0 aliphatic heterocycles. The minimum absolute atomic E-state index is 0.284. The van der Waals surface area contributed by atoms with Gasteiger partial charge in [0.05, 0.1) is 13.2 Å². The Morgan fingerprint density at radius 2 is 2.40 bits per heavy atom. The van der Waals surface area contributed by atoms with Crippen LogP contribution < -0.4 is 5.32 Å². The number of nitrogens with zero attached hydrogens (tertiary/aromatic N) is 2. The van der Waals surface area contributed by atoms with Crippen LogP contribution in [0.2, 0.25) is 0 Å². The fraction of sp³-hybridized carbons (Fsp3) is 0.667. The lowest BCUT2D eigenvalue weighted by molar-refractivity contribution is -0.145. The van der Waals surface area contributed by atoms with E-state index in [0.717, 1.165) is 0 Å². The van der Waals surface area contributed by atoms with E-state index in [0.29, 0.717) is 24.9 Å². The second-order valence-electron chi connectivity index (χ2n) is 3.09. The Balaban J connectivity index is 2.33. The van der Waals surface area contributed by atoms with Crippen LogP contribution in [0.5, 0.6) is 0 Å². The maximum absolute atomic E-state index is 11.2. The van der Waals surface area contributed by atoms with Crippen molar-refractivity contribution in [1.29, 1.82) is 0 Å². The summed E-state index contributed by atoms with van der Waals surface area (Å²) in [6, 6.07) is -0.378. The highest BCUT2D eigenvalue weighted by Crippen LogP contribution is 1.96. The number of aryl methyl sites for hydroxylation is 1. The van der Waals surface area contributed by atoms with Crippen molar-refractivity contribution < 1.29 is 14.1 Å². The molecule has 0 saturated heterocycles. The van der Waals surface area contributed by atoms with E-state index in [4.69, 9.17) is 9.26 Å². The predicted molar refractivity (Wildman–Crippen MR) is 52.0 cm³/mol. The van der Waals surface area contributed by atoms with Crippen molar-refractivity contribution in [3.63, 3.8) is 0 Å². The molecule has 15 heavy (non-hydrogen) atoms. The molecule has 0 bridgehead atoms. The van der Waals surface area contributed by atoms with Gasteiger partial charge in [-0.2, -0.15) is 4.98 Å². The quantitative estimate of drug-likeness (QED) is 0.714. The summed E-state index contributed by atoms with van der Waals surface area (Å²) in [6.07, 6.45) is 0. The Morgan fingerprint density at radius 3 is 2.93 bits per heavy atom. The summed E-state index contributed by atoms with van der Waals surface area (Å²) in [7, 11) is 0. The number of hydrogen-bond acceptors (Lipinski definition) is 6. The van der Waals surface area contributed by atoms with Gasteiger partial charge in [-0.1, -0.05) is 5.16 Å². The maximum atomic E-state index is 11.2. The van der Waals surface area contributed by atoms with Crippen LogP contribution in [0.3, 0.4) is 0 Å². The van der Waals surface area contributed by atoms with Crippen molar-refractivity contribution in [2.75, 3.05) is 6.61 Å². The number of nitrogens with one attached hydrogen (secondary N) is 1. The van der Waals surface area contributed by atoms with E-state index in [1.807, 2.05) is 0 Å². The van der Waals surface area contributed by atoms with Gasteiger partial charge >= 0.3 is 5.97 Å². The van der Waals surface area contributed by atoms with Gasteiger partial charge in [0.2, 0.25) is 5.89 Å². The third kappa shape index (κ3) is 3.67. The largest absolute Gasteiger partial charge is 0.465 e. The van der Waals surface area contributed by atoms with Crippen molar-refractivity contribution in [2.45, 2.75) is 33.4 Å². The van der Waals surface area contributed by atoms with Gasteiger partial charge in [0.25, 0.3) is 0 Å². The fourth-order valence-corrected chi connectivity index (χ4v) is 1.00. The molecule has 1 aromatic heterocycles. The minimum atomic E-state index is -0.378. The molecular formula is C9H15N3O3. The highest BCUT2D eigenvalue weighted by Gasteiger charge is 2.14. The Hall–Kier alpha value is -1.43. The van der Waals surface area contributed by atoms with Crippen LogP contribution >= 0.6 is 0 Å². The lowest BCUT2D eigenvalue weighted by atomic mass is 10.3. The molecule has 84 valence electrons. The molecule has 0 aliphatic rings. The first kappa shape index (κ1) is 11.6. The predicted octanol–water partition coefficient (Wildman–Crippen LogP) is 0.419. The van der Waals surface area contributed by atoms with Gasteiger partial charge in [0.1, 0.15) is 6.04 Å². The molecule has 1 N–H and O–H groups in total. The monoisotopic (exact) mass is 213 g/mol. The second-order valence-corrected chi connectivity index (χ2v) is 3.09. The summed E-state index contributed by atoms with van der Waals surface area (Å²) in [4.78, 5) is 15.2. The number of ether oxygens (including phenoxy) is 1. The molecule has 1 unspecified atom stereocenters. The van der Waals surface area contributed by atoms with Gasteiger partial charge in [0.15, 0.2) is 5.82 Å². The molecule has 0 amide bonds. The Morgan fingerprint density at radius 1 is 1.67 bits per heavy atom. The number of rotatable bonds is 5. The standard InChI is InChI=1S/C9H15N3O3/c1-4-14-9(13)6(2)10-5-8-11-7(3)12-15-8/h6,10H,4-5H2,1-3H3. The molecule has 0 radical (unpaired) electrons. The van der Waals surface area contributed by atoms with Crippen LogP contribution in [0.4, 0.5) is 0 Å². The van der Waals surface area contributed by atoms with Gasteiger partial charge in [-0.15, -0.1) is 0 Å². The number of carbonyl (C=O) groups excluding carboxylic acids is 1. The van der Waals surface area contributed by atoms with Crippen LogP contribution in [-0.2, 0) is 16.1 Å². The Bertz CT molecular complexity index is 324. The smallest absolute Gasteiger partial charge is 0.322 e. The topological polar surface area (TPSA) is 77.2 Å². The lowest BCUT2D eigenvalue weighted by Crippen LogP contribution is -2.34. The summed E-state index contributed by atoms with van der Waals surface area (Å²) in [5, 5.41) is 6.56. The van der Waals surface area contributed by atoms with Crippen molar-refractivity contribution >= 4 is 5.97 Å². The summed E-state index contributed by atoms with van der Waals surface area (Å²) >= 11 is 0. The second kappa shape index (κ2) is 5.45. The lowest BCUT2D eigenvalue weighted by Gasteiger charge is -2.10. The number of hydrogen-bond donors (Lipinski definition) is 1. The summed E-state index contributed by atoms with van der Waals surface area (Å²) in [5.74, 6) is 0.757. The molecule has 0 saturated carbocycles. The Kier molecular flexibility index (Phi) is 4.23. The third-order valence-electron chi connectivity index (χ3n) is 1.77. The van der Waals surface area contributed by atoms with Crippen molar-refractivity contribution in [3.8, 4) is 0 Å². The highest BCUT2D eigenvalue weighted by atomic mass is 16.5. The molecule has 6 heteroatoms. The summed E-state index contributed by atoms with van der Waals surface area (Å²) in [6.45, 7) is 5.97. The average Bonchev–Trinajstić information content (AvgIpc) is 2.61. The van der Waals surface area contributed by atoms with E-state index >= 15 is 0 Å². The molecule has 6 nitrogen and oxygen atoms in total. The van der Waals surface area contributed by atoms with Crippen LogP contribution in [0.25, 0.3) is 0 Å². The average molecular weight is 213 g/mol. The van der Waals surface area contributed by atoms with Crippen LogP contribution in [0, 0.1) is 6.92 Å². The van der Waals surface area contributed by atoms with Crippen LogP contribution in [0.15, 0.2) is 4.52 Å². The van der Waals surface area contributed by atoms with Gasteiger partial charge in [-0.25, -0.2) is 0 Å². The number of aromatic nitrogens is 2. The van der Waals surface area contributed by atoms with E-state index < -0.39 is 0 Å². The first-order valence-corrected chi connectivity index (χ1v) is 4.82. The highest BCUT2D eigenvalue weighted by molar-refractivity contribution is 5.75. The molecule has 1 heterocycles. The van der Waals surface area contributed by atoms with Crippen LogP contribution in [-0.4, -0.2) is 28.8 Å². The molecule has 0 aromatic carbocycles. The van der Waals surface area contributed by atoms with Crippen molar-refractivity contribution in [2.24, 2.45) is 0 Å². The maximum Gasteiger partial charge on any atom is 0.322 e. The van der Waals surface area contributed by atoms with Crippen molar-refractivity contribution in [3.05, 3.63) is 11.7 Å². The van der Waals surface area contributed by atoms with Gasteiger partial charge in [-0.05, 0) is 20.8 Å². The zero-order chi connectivity index (χ0) is 11.3. The van der Waals surface area contributed by atoms with Gasteiger partial charge < -0.3 is 9.26 Å². The van der Waals surface area contributed by atoms with E-state index in [1.165, 1.54) is 0 Å². The molecule has 1 rings (SSSR count). The van der Waals surface area contributed by atoms with Gasteiger partial charge in [0, 0.05) is 0 Å². The SMILES string of the molecule is CCOC(=O)C(C)NCc1nc(C)no1. The summed E-state index contributed by atoms with van der Waals surface area (Å²) < 4.78 is 9.71. The van der Waals surface area contributed by atoms with E-state index in [-0.39, 0.29) is 12.0 Å². The van der Waals surface area contributed by atoms with Gasteiger partial charge in [-0.3, -0.25) is 10.1 Å². The van der Waals surface area contributed by atoms with Crippen LogP contribution in [0.1, 0.15) is 25.6 Å². The van der Waals surface area contributed by atoms with E-state index in [9.17, 15) is 4.79 Å². The number of carbonyl (C=O) groups is 1. The normalized spacial score (nSPS) is 12.5. The minimum Gasteiger partial charge on any atom is -0.465 e. The first-order valence-electron chi connectivity index (χ1n) is 4.82. The number of esters is 1. The molecule has 0 spiro atoms. The summed E-state index contributed by atoms with van der Waals surface area (Å²) in [5.41, 5.74) is 0. The third-order valence-corrected chi connectivity index (χ3v) is 1.77. The van der Waals surface area contributed by atoms with E-state index in [1.54, 1.807) is 20.8 Å². The zero-order valence-electron chi connectivity index (χ0n) is 9.11. The van der Waals surface area contributed by atoms with Crippen molar-refractivity contribution in [1.82, 2.24) is 15.5 Å². The first-order chi connectivity index (χ1) is 7.13. The molecule has 1 atom stereocenters. The molecule has 1 aromatic rings. The molecule has 0 aliphatic carbocycles. The molecule has 0 fully saturated rings.